The SMILES string of the molecule is COc1ccc(CN2CCCc3cccc(OCc4ccc(CCC(=O)O)cc4)c32)cc1C(F)(F)F. The van der Waals surface area contributed by atoms with Gasteiger partial charge in [-0.1, -0.05) is 42.5 Å². The molecule has 3 aromatic rings. The Balaban J connectivity index is 1.52. The molecule has 1 aliphatic rings. The maximum atomic E-state index is 13.5. The molecule has 8 heteroatoms. The highest BCUT2D eigenvalue weighted by Crippen LogP contribution is 2.40. The quantitative estimate of drug-likeness (QED) is 0.376. The number of hydrogen-bond acceptors (Lipinski definition) is 4. The number of benzene rings is 3. The topological polar surface area (TPSA) is 59.0 Å². The standard InChI is InChI=1S/C28H28F3NO4/c1-35-24-13-11-21(16-23(24)28(29,30)31)17-32-15-3-5-22-4-2-6-25(27(22)32)36-18-20-9-7-19(8-10-20)12-14-26(33)34/h2,4,6-11,13,16H,3,5,12,14-15,17-18H2,1H3,(H,33,34). The summed E-state index contributed by atoms with van der Waals surface area (Å²) in [6.45, 7) is 1.35. The summed E-state index contributed by atoms with van der Waals surface area (Å²) in [4.78, 5) is 12.8. The number of hydrogen-bond donors (Lipinski definition) is 1. The first-order valence-corrected chi connectivity index (χ1v) is 11.8. The van der Waals surface area contributed by atoms with E-state index in [9.17, 15) is 18.0 Å². The monoisotopic (exact) mass is 499 g/mol. The van der Waals surface area contributed by atoms with Crippen LogP contribution in [0.5, 0.6) is 11.5 Å². The molecule has 3 aromatic carbocycles. The number of carbonyl (C=O) groups is 1. The molecule has 36 heavy (non-hydrogen) atoms. The lowest BCUT2D eigenvalue weighted by atomic mass is 9.99. The van der Waals surface area contributed by atoms with Gasteiger partial charge in [-0.3, -0.25) is 4.79 Å². The summed E-state index contributed by atoms with van der Waals surface area (Å²) in [6.07, 6.45) is -2.17. The summed E-state index contributed by atoms with van der Waals surface area (Å²) in [5, 5.41) is 8.84. The molecule has 0 bridgehead atoms. The number of nitrogens with zero attached hydrogens (tertiary/aromatic N) is 1. The van der Waals surface area contributed by atoms with Crippen LogP contribution in [-0.2, 0) is 37.0 Å². The molecule has 190 valence electrons. The van der Waals surface area contributed by atoms with E-state index in [1.165, 1.54) is 13.2 Å². The van der Waals surface area contributed by atoms with E-state index in [1.807, 2.05) is 42.5 Å². The van der Waals surface area contributed by atoms with E-state index in [0.717, 1.165) is 41.3 Å². The smallest absolute Gasteiger partial charge is 0.419 e. The molecule has 0 aliphatic carbocycles. The predicted octanol–water partition coefficient (Wildman–Crippen LogP) is 6.26. The number of carboxylic acids is 1. The summed E-state index contributed by atoms with van der Waals surface area (Å²) in [5.41, 5.74) is 3.67. The van der Waals surface area contributed by atoms with Crippen molar-refractivity contribution in [3.63, 3.8) is 0 Å². The second-order valence-corrected chi connectivity index (χ2v) is 8.82. The molecule has 1 N–H and O–H groups in total. The molecule has 0 saturated carbocycles. The highest BCUT2D eigenvalue weighted by molar-refractivity contribution is 5.67. The number of halogens is 3. The van der Waals surface area contributed by atoms with Crippen LogP contribution in [-0.4, -0.2) is 24.7 Å². The number of methoxy groups -OCH3 is 1. The highest BCUT2D eigenvalue weighted by atomic mass is 19.4. The Hall–Kier alpha value is -3.68. The highest BCUT2D eigenvalue weighted by Gasteiger charge is 2.34. The summed E-state index contributed by atoms with van der Waals surface area (Å²) in [6, 6.07) is 17.7. The molecule has 1 heterocycles. The zero-order valence-corrected chi connectivity index (χ0v) is 20.0. The Bertz CT molecular complexity index is 1210. The second kappa shape index (κ2) is 10.9. The molecular formula is C28H28F3NO4. The number of rotatable bonds is 9. The minimum atomic E-state index is -4.50. The molecule has 0 amide bonds. The van der Waals surface area contributed by atoms with Crippen molar-refractivity contribution in [2.45, 2.75) is 45.0 Å². The van der Waals surface area contributed by atoms with Gasteiger partial charge in [0.2, 0.25) is 0 Å². The van der Waals surface area contributed by atoms with Crippen LogP contribution in [0, 0.1) is 0 Å². The zero-order valence-electron chi connectivity index (χ0n) is 20.0. The maximum Gasteiger partial charge on any atom is 0.419 e. The number of aliphatic carboxylic acids is 1. The van der Waals surface area contributed by atoms with E-state index in [-0.39, 0.29) is 12.2 Å². The zero-order chi connectivity index (χ0) is 25.7. The molecule has 0 radical (unpaired) electrons. The van der Waals surface area contributed by atoms with Crippen LogP contribution in [0.3, 0.4) is 0 Å². The largest absolute Gasteiger partial charge is 0.496 e. The number of carboxylic acid groups (broad SMARTS) is 1. The van der Waals surface area contributed by atoms with Gasteiger partial charge < -0.3 is 19.5 Å². The van der Waals surface area contributed by atoms with Gasteiger partial charge in [0.05, 0.1) is 18.4 Å². The lowest BCUT2D eigenvalue weighted by molar-refractivity contribution is -0.139. The van der Waals surface area contributed by atoms with Crippen LogP contribution in [0.25, 0.3) is 0 Å². The van der Waals surface area contributed by atoms with Crippen molar-refractivity contribution in [3.05, 3.63) is 88.5 Å². The minimum absolute atomic E-state index is 0.0838. The fourth-order valence-corrected chi connectivity index (χ4v) is 4.49. The average molecular weight is 500 g/mol. The first-order valence-electron chi connectivity index (χ1n) is 11.8. The van der Waals surface area contributed by atoms with Gasteiger partial charge in [-0.2, -0.15) is 13.2 Å². The third-order valence-corrected chi connectivity index (χ3v) is 6.26. The van der Waals surface area contributed by atoms with Crippen LogP contribution in [0.15, 0.2) is 60.7 Å². The van der Waals surface area contributed by atoms with Gasteiger partial charge in [-0.05, 0) is 59.7 Å². The van der Waals surface area contributed by atoms with Crippen LogP contribution in [0.4, 0.5) is 18.9 Å². The van der Waals surface area contributed by atoms with Crippen molar-refractivity contribution in [2.75, 3.05) is 18.6 Å². The fourth-order valence-electron chi connectivity index (χ4n) is 4.49. The van der Waals surface area contributed by atoms with E-state index in [4.69, 9.17) is 14.6 Å². The molecule has 0 unspecified atom stereocenters. The van der Waals surface area contributed by atoms with Crippen molar-refractivity contribution in [1.29, 1.82) is 0 Å². The number of aryl methyl sites for hydroxylation is 2. The van der Waals surface area contributed by atoms with Crippen molar-refractivity contribution in [1.82, 2.24) is 0 Å². The van der Waals surface area contributed by atoms with Gasteiger partial charge in [0.1, 0.15) is 18.1 Å². The minimum Gasteiger partial charge on any atom is -0.496 e. The van der Waals surface area contributed by atoms with Crippen molar-refractivity contribution in [2.24, 2.45) is 0 Å². The normalized spacial score (nSPS) is 13.3. The summed E-state index contributed by atoms with van der Waals surface area (Å²) in [5.74, 6) is -0.333. The third-order valence-electron chi connectivity index (χ3n) is 6.26. The molecule has 4 rings (SSSR count). The molecular weight excluding hydrogens is 471 g/mol. The molecule has 0 atom stereocenters. The predicted molar refractivity (Wildman–Crippen MR) is 131 cm³/mol. The Kier molecular flexibility index (Phi) is 7.72. The lowest BCUT2D eigenvalue weighted by Crippen LogP contribution is -2.29. The second-order valence-electron chi connectivity index (χ2n) is 8.82. The number of ether oxygens (including phenoxy) is 2. The molecule has 0 saturated heterocycles. The molecule has 5 nitrogen and oxygen atoms in total. The van der Waals surface area contributed by atoms with E-state index in [0.29, 0.717) is 37.4 Å². The van der Waals surface area contributed by atoms with Crippen molar-refractivity contribution in [3.8, 4) is 11.5 Å². The summed E-state index contributed by atoms with van der Waals surface area (Å²) >= 11 is 0. The van der Waals surface area contributed by atoms with Gasteiger partial charge in [0, 0.05) is 19.5 Å². The lowest BCUT2D eigenvalue weighted by Gasteiger charge is -2.33. The molecule has 0 fully saturated rings. The van der Waals surface area contributed by atoms with Crippen LogP contribution >= 0.6 is 0 Å². The van der Waals surface area contributed by atoms with E-state index < -0.39 is 17.7 Å². The van der Waals surface area contributed by atoms with Crippen LogP contribution < -0.4 is 14.4 Å². The molecule has 0 spiro atoms. The van der Waals surface area contributed by atoms with Crippen LogP contribution in [0.2, 0.25) is 0 Å². The fraction of sp³-hybridized carbons (Fsp3) is 0.321. The Morgan fingerprint density at radius 3 is 2.42 bits per heavy atom. The number of para-hydroxylation sites is 1. The van der Waals surface area contributed by atoms with Gasteiger partial charge in [-0.15, -0.1) is 0 Å². The summed E-state index contributed by atoms with van der Waals surface area (Å²) in [7, 11) is 1.23. The number of fused-ring (bicyclic) bond motifs is 1. The van der Waals surface area contributed by atoms with Crippen molar-refractivity contribution < 1.29 is 32.5 Å². The maximum absolute atomic E-state index is 13.5. The Morgan fingerprint density at radius 1 is 1.00 bits per heavy atom. The first-order chi connectivity index (χ1) is 17.2. The average Bonchev–Trinajstić information content (AvgIpc) is 2.86. The van der Waals surface area contributed by atoms with E-state index in [2.05, 4.69) is 4.90 Å². The number of anilines is 1. The number of alkyl halides is 3. The third kappa shape index (κ3) is 6.11. The molecule has 0 aromatic heterocycles. The van der Waals surface area contributed by atoms with E-state index in [1.54, 1.807) is 6.07 Å². The van der Waals surface area contributed by atoms with Gasteiger partial charge in [-0.25, -0.2) is 0 Å². The van der Waals surface area contributed by atoms with Crippen LogP contribution in [0.1, 0.15) is 40.7 Å². The Labute approximate surface area is 208 Å². The van der Waals surface area contributed by atoms with E-state index >= 15 is 0 Å². The summed E-state index contributed by atoms with van der Waals surface area (Å²) < 4.78 is 51.7. The van der Waals surface area contributed by atoms with Gasteiger partial charge in [0.15, 0.2) is 0 Å². The van der Waals surface area contributed by atoms with Gasteiger partial charge in [0.25, 0.3) is 0 Å². The Morgan fingerprint density at radius 2 is 1.72 bits per heavy atom. The van der Waals surface area contributed by atoms with Gasteiger partial charge >= 0.3 is 12.1 Å². The van der Waals surface area contributed by atoms with Crippen molar-refractivity contribution >= 4 is 11.7 Å². The first kappa shape index (κ1) is 25.4. The molecule has 1 aliphatic heterocycles.